The van der Waals surface area contributed by atoms with Crippen LogP contribution >= 0.6 is 0 Å². The lowest BCUT2D eigenvalue weighted by Crippen LogP contribution is -2.38. The summed E-state index contributed by atoms with van der Waals surface area (Å²) in [6.45, 7) is 0.194. The van der Waals surface area contributed by atoms with Gasteiger partial charge in [-0.15, -0.1) is 0 Å². The van der Waals surface area contributed by atoms with E-state index in [9.17, 15) is 31.1 Å². The number of nitrogens with zero attached hydrogens (tertiary/aromatic N) is 3. The van der Waals surface area contributed by atoms with Crippen molar-refractivity contribution in [1.82, 2.24) is 10.1 Å². The van der Waals surface area contributed by atoms with Gasteiger partial charge in [-0.25, -0.2) is 0 Å². The molecule has 2 aromatic heterocycles. The molecule has 1 N–H and O–H groups in total. The van der Waals surface area contributed by atoms with Gasteiger partial charge in [0, 0.05) is 17.8 Å². The van der Waals surface area contributed by atoms with Crippen LogP contribution in [0.25, 0.3) is 11.1 Å². The van der Waals surface area contributed by atoms with Gasteiger partial charge in [-0.1, -0.05) is 4.68 Å². The maximum atomic E-state index is 12.6. The Morgan fingerprint density at radius 1 is 1.11 bits per heavy atom. The molecule has 0 saturated carbocycles. The van der Waals surface area contributed by atoms with E-state index in [2.05, 4.69) is 10.1 Å². The van der Waals surface area contributed by atoms with E-state index in [0.29, 0.717) is 11.1 Å². The molecular formula is C15H11F6N3O4. The molecule has 2 heterocycles. The molecule has 0 saturated heterocycles. The maximum absolute atomic E-state index is 12.6. The highest BCUT2D eigenvalue weighted by Crippen LogP contribution is 2.29. The van der Waals surface area contributed by atoms with Gasteiger partial charge in [0.05, 0.1) is 0 Å². The predicted octanol–water partition coefficient (Wildman–Crippen LogP) is 1.22. The second-order valence-corrected chi connectivity index (χ2v) is 5.04. The maximum Gasteiger partial charge on any atom is 0.433 e. The Kier molecular flexibility index (Phi) is 7.41. The number of carbonyl (C=O) groups is 2. The summed E-state index contributed by atoms with van der Waals surface area (Å²) in [7, 11) is 0. The zero-order valence-corrected chi connectivity index (χ0v) is 13.7. The summed E-state index contributed by atoms with van der Waals surface area (Å²) < 4.78 is 70.7. The van der Waals surface area contributed by atoms with E-state index in [-0.39, 0.29) is 13.0 Å². The number of hydrogen-bond donors (Lipinski definition) is 1. The summed E-state index contributed by atoms with van der Waals surface area (Å²) in [5.74, 6) is -3.95. The van der Waals surface area contributed by atoms with Gasteiger partial charge in [-0.2, -0.15) is 26.3 Å². The second-order valence-electron chi connectivity index (χ2n) is 5.04. The van der Waals surface area contributed by atoms with Crippen molar-refractivity contribution in [3.63, 3.8) is 0 Å². The van der Waals surface area contributed by atoms with E-state index < -0.39 is 30.0 Å². The van der Waals surface area contributed by atoms with E-state index in [1.165, 1.54) is 23.1 Å². The Labute approximate surface area is 152 Å². The molecule has 152 valence electrons. The minimum Gasteiger partial charge on any atom is -0.542 e. The molecule has 0 spiro atoms. The fraction of sp³-hybridized carbons (Fsp3) is 0.267. The van der Waals surface area contributed by atoms with Gasteiger partial charge in [0.1, 0.15) is 24.3 Å². The van der Waals surface area contributed by atoms with Crippen LogP contribution in [0.3, 0.4) is 0 Å². The molecule has 0 aliphatic rings. The van der Waals surface area contributed by atoms with Crippen molar-refractivity contribution < 1.29 is 50.8 Å². The molecule has 0 radical (unpaired) electrons. The van der Waals surface area contributed by atoms with Gasteiger partial charge in [0.25, 0.3) is 0 Å². The second kappa shape index (κ2) is 9.10. The first-order chi connectivity index (χ1) is 12.8. The van der Waals surface area contributed by atoms with Crippen LogP contribution < -0.4 is 9.79 Å². The average molecular weight is 411 g/mol. The van der Waals surface area contributed by atoms with Crippen molar-refractivity contribution in [3.8, 4) is 11.1 Å². The van der Waals surface area contributed by atoms with E-state index >= 15 is 0 Å². The zero-order chi connectivity index (χ0) is 21.5. The standard InChI is InChI=1S/C13H10F3N3O2.C2HF3O2/c14-13(15,16)11-7-9(1-4-17-11)10-2-5-19(18-8-10)6-3-12(20)21;3-2(4,5)1(6)7/h1-2,4-5,7-8H,3,6H2;(H,6,7). The first-order valence-electron chi connectivity index (χ1n) is 7.20. The van der Waals surface area contributed by atoms with E-state index in [4.69, 9.17) is 15.0 Å². The summed E-state index contributed by atoms with van der Waals surface area (Å²) in [6, 6.07) is 3.97. The number of aryl methyl sites for hydroxylation is 1. The number of alkyl halides is 6. The van der Waals surface area contributed by atoms with Crippen molar-refractivity contribution in [2.75, 3.05) is 0 Å². The highest BCUT2D eigenvalue weighted by molar-refractivity contribution is 5.70. The molecule has 0 amide bonds. The van der Waals surface area contributed by atoms with Gasteiger partial charge >= 0.3 is 18.3 Å². The molecule has 2 aromatic rings. The SMILES string of the molecule is O=C(O)CC[n+]1ccc(-c2ccnc(C(F)(F)F)c2)cn1.O=C([O-])C(F)(F)F. The van der Waals surface area contributed by atoms with Gasteiger partial charge in [0.15, 0.2) is 12.7 Å². The van der Waals surface area contributed by atoms with E-state index in [0.717, 1.165) is 12.3 Å². The van der Waals surface area contributed by atoms with Gasteiger partial charge in [0.2, 0.25) is 0 Å². The number of rotatable bonds is 4. The Balaban J connectivity index is 0.000000480. The molecule has 0 aliphatic heterocycles. The number of aromatic nitrogens is 3. The summed E-state index contributed by atoms with van der Waals surface area (Å²) in [4.78, 5) is 22.5. The van der Waals surface area contributed by atoms with Crippen LogP contribution in [-0.4, -0.2) is 33.3 Å². The lowest BCUT2D eigenvalue weighted by Gasteiger charge is -2.07. The third-order valence-electron chi connectivity index (χ3n) is 2.94. The number of halogens is 6. The molecular weight excluding hydrogens is 400 g/mol. The largest absolute Gasteiger partial charge is 0.542 e. The summed E-state index contributed by atoms with van der Waals surface area (Å²) in [5, 5.41) is 21.3. The first kappa shape index (κ1) is 22.8. The number of aliphatic carboxylic acids is 2. The quantitative estimate of drug-likeness (QED) is 0.599. The Bertz CT molecular complexity index is 822. The Hall–Kier alpha value is -3.25. The van der Waals surface area contributed by atoms with Crippen LogP contribution in [0.15, 0.2) is 36.8 Å². The van der Waals surface area contributed by atoms with Crippen molar-refractivity contribution >= 4 is 11.9 Å². The molecule has 7 nitrogen and oxygen atoms in total. The molecule has 0 fully saturated rings. The normalized spacial score (nSPS) is 11.4. The van der Waals surface area contributed by atoms with Crippen molar-refractivity contribution in [3.05, 3.63) is 42.5 Å². The molecule has 0 aliphatic carbocycles. The smallest absolute Gasteiger partial charge is 0.433 e. The van der Waals surface area contributed by atoms with Crippen LogP contribution in [0, 0.1) is 0 Å². The predicted molar refractivity (Wildman–Crippen MR) is 76.0 cm³/mol. The third kappa shape index (κ3) is 7.55. The number of carboxylic acids is 2. The monoisotopic (exact) mass is 411 g/mol. The Morgan fingerprint density at radius 2 is 1.71 bits per heavy atom. The fourth-order valence-corrected chi connectivity index (χ4v) is 1.66. The molecule has 0 bridgehead atoms. The molecule has 0 atom stereocenters. The van der Waals surface area contributed by atoms with Crippen molar-refractivity contribution in [1.29, 1.82) is 0 Å². The van der Waals surface area contributed by atoms with Crippen molar-refractivity contribution in [2.45, 2.75) is 25.3 Å². The minimum atomic E-state index is -5.19. The lowest BCUT2D eigenvalue weighted by molar-refractivity contribution is -0.752. The number of hydrogen-bond acceptors (Lipinski definition) is 5. The highest BCUT2D eigenvalue weighted by atomic mass is 19.4. The van der Waals surface area contributed by atoms with Gasteiger partial charge < -0.3 is 15.0 Å². The summed E-state index contributed by atoms with van der Waals surface area (Å²) in [5.41, 5.74) is -0.132. The molecule has 28 heavy (non-hydrogen) atoms. The summed E-state index contributed by atoms with van der Waals surface area (Å²) >= 11 is 0. The number of carbonyl (C=O) groups excluding carboxylic acids is 1. The number of pyridine rings is 1. The third-order valence-corrected chi connectivity index (χ3v) is 2.94. The van der Waals surface area contributed by atoms with E-state index in [1.54, 1.807) is 6.07 Å². The van der Waals surface area contributed by atoms with Crippen LogP contribution in [0.2, 0.25) is 0 Å². The summed E-state index contributed by atoms with van der Waals surface area (Å²) in [6.07, 6.45) is -5.78. The number of carboxylic acid groups (broad SMARTS) is 2. The highest BCUT2D eigenvalue weighted by Gasteiger charge is 2.32. The zero-order valence-electron chi connectivity index (χ0n) is 13.7. The van der Waals surface area contributed by atoms with E-state index in [1.807, 2.05) is 0 Å². The molecule has 0 unspecified atom stereocenters. The topological polar surface area (TPSA) is 107 Å². The Morgan fingerprint density at radius 3 is 2.14 bits per heavy atom. The van der Waals surface area contributed by atoms with Gasteiger partial charge in [-0.05, 0) is 22.8 Å². The van der Waals surface area contributed by atoms with Crippen molar-refractivity contribution in [2.24, 2.45) is 0 Å². The minimum absolute atomic E-state index is 0.0789. The van der Waals surface area contributed by atoms with Crippen LogP contribution in [0.1, 0.15) is 12.1 Å². The fourth-order valence-electron chi connectivity index (χ4n) is 1.66. The molecule has 13 heteroatoms. The van der Waals surface area contributed by atoms with Crippen LogP contribution in [0.4, 0.5) is 26.3 Å². The molecule has 2 rings (SSSR count). The lowest BCUT2D eigenvalue weighted by atomic mass is 10.1. The van der Waals surface area contributed by atoms with Gasteiger partial charge in [-0.3, -0.25) is 9.78 Å². The average Bonchev–Trinajstić information content (AvgIpc) is 2.59. The molecule has 0 aromatic carbocycles. The van der Waals surface area contributed by atoms with Crippen LogP contribution in [0.5, 0.6) is 0 Å². The van der Waals surface area contributed by atoms with Crippen LogP contribution in [-0.2, 0) is 22.3 Å². The first-order valence-corrected chi connectivity index (χ1v) is 7.20.